The van der Waals surface area contributed by atoms with Gasteiger partial charge in [-0.25, -0.2) is 8.78 Å². The smallest absolute Gasteiger partial charge is 0.272 e. The molecule has 1 aromatic heterocycles. The van der Waals surface area contributed by atoms with Crippen LogP contribution in [0.5, 0.6) is 5.75 Å². The Labute approximate surface area is 187 Å². The molecule has 5 heteroatoms. The molecule has 0 atom stereocenters. The number of carbonyl (C=O) groups excluding carboxylic acids is 1. The van der Waals surface area contributed by atoms with Crippen molar-refractivity contribution < 1.29 is 18.3 Å². The fourth-order valence-electron chi connectivity index (χ4n) is 3.64. The zero-order valence-corrected chi connectivity index (χ0v) is 20.0. The van der Waals surface area contributed by atoms with Crippen LogP contribution in [0.4, 0.5) is 8.78 Å². The van der Waals surface area contributed by atoms with Gasteiger partial charge in [-0.3, -0.25) is 4.79 Å². The molecule has 2 nitrogen and oxygen atoms in total. The molecule has 3 aromatic rings. The highest BCUT2D eigenvalue weighted by Gasteiger charge is 2.28. The Hall–Kier alpha value is -2.27. The fourth-order valence-corrected chi connectivity index (χ4v) is 4.62. The minimum atomic E-state index is -2.56. The van der Waals surface area contributed by atoms with Gasteiger partial charge in [-0.15, -0.1) is 11.3 Å². The van der Waals surface area contributed by atoms with Crippen molar-refractivity contribution in [2.24, 2.45) is 0 Å². The maximum atomic E-state index is 13.1. The lowest BCUT2D eigenvalue weighted by atomic mass is 9.76. The molecule has 1 heterocycles. The third-order valence-corrected chi connectivity index (χ3v) is 6.52. The summed E-state index contributed by atoms with van der Waals surface area (Å²) in [5.74, 6) is 0.473. The van der Waals surface area contributed by atoms with Crippen LogP contribution in [0.2, 0.25) is 0 Å². The van der Waals surface area contributed by atoms with Crippen LogP contribution < -0.4 is 4.74 Å². The summed E-state index contributed by atoms with van der Waals surface area (Å²) in [6.45, 7) is 13.5. The number of ether oxygens (including phenoxy) is 1. The lowest BCUT2D eigenvalue weighted by Crippen LogP contribution is -2.19. The number of benzene rings is 2. The van der Waals surface area contributed by atoms with Gasteiger partial charge >= 0.3 is 0 Å². The van der Waals surface area contributed by atoms with Gasteiger partial charge in [-0.2, -0.15) is 0 Å². The summed E-state index contributed by atoms with van der Waals surface area (Å²) < 4.78 is 32.9. The molecule has 0 N–H and O–H groups in total. The Bertz CT molecular complexity index is 1110. The molecule has 31 heavy (non-hydrogen) atoms. The first-order valence-electron chi connectivity index (χ1n) is 10.4. The largest absolute Gasteiger partial charge is 0.487 e. The fraction of sp³-hybridized carbons (Fsp3) is 0.423. The van der Waals surface area contributed by atoms with Crippen LogP contribution in [-0.4, -0.2) is 18.8 Å². The maximum Gasteiger partial charge on any atom is 0.272 e. The number of fused-ring (bicyclic) bond motifs is 1. The van der Waals surface area contributed by atoms with Crippen LogP contribution in [0.15, 0.2) is 36.4 Å². The highest BCUT2D eigenvalue weighted by atomic mass is 32.1. The summed E-state index contributed by atoms with van der Waals surface area (Å²) in [6, 6.07) is 11.9. The van der Waals surface area contributed by atoms with E-state index in [1.165, 1.54) is 11.3 Å². The zero-order chi connectivity index (χ0) is 23.1. The third kappa shape index (κ3) is 4.98. The van der Waals surface area contributed by atoms with Gasteiger partial charge in [0, 0.05) is 15.6 Å². The Kier molecular flexibility index (Phi) is 6.30. The van der Waals surface area contributed by atoms with Crippen molar-refractivity contribution in [2.45, 2.75) is 65.7 Å². The molecule has 0 saturated heterocycles. The Balaban J connectivity index is 2.39. The number of carbonyl (C=O) groups is 1. The van der Waals surface area contributed by atoms with E-state index in [0.717, 1.165) is 32.3 Å². The van der Waals surface area contributed by atoms with Gasteiger partial charge in [-0.1, -0.05) is 59.7 Å². The van der Waals surface area contributed by atoms with Crippen LogP contribution in [0.3, 0.4) is 0 Å². The first-order chi connectivity index (χ1) is 14.3. The molecule has 0 bridgehead atoms. The number of thiophene rings is 1. The molecule has 0 aliphatic rings. The molecule has 0 saturated carbocycles. The number of alkyl halides is 2. The van der Waals surface area contributed by atoms with E-state index in [9.17, 15) is 13.6 Å². The molecule has 0 amide bonds. The summed E-state index contributed by atoms with van der Waals surface area (Å²) in [6.07, 6.45) is -2.56. The van der Waals surface area contributed by atoms with Crippen LogP contribution in [0.25, 0.3) is 21.2 Å². The molecular weight excluding hydrogens is 414 g/mol. The summed E-state index contributed by atoms with van der Waals surface area (Å²) in [5, 5.41) is 0.939. The molecule has 0 spiro atoms. The van der Waals surface area contributed by atoms with Crippen LogP contribution >= 0.6 is 11.3 Å². The SMILES string of the molecule is CC(=O)c1cc2c(-c3c(OCC(F)F)cc(C(C)(C)C)cc3C(C)(C)C)cccc2s1. The second-order valence-corrected chi connectivity index (χ2v) is 11.1. The van der Waals surface area contributed by atoms with E-state index in [0.29, 0.717) is 10.6 Å². The molecule has 3 rings (SSSR count). The van der Waals surface area contributed by atoms with Gasteiger partial charge in [0.15, 0.2) is 5.78 Å². The van der Waals surface area contributed by atoms with E-state index >= 15 is 0 Å². The van der Waals surface area contributed by atoms with Gasteiger partial charge in [0.25, 0.3) is 6.43 Å². The van der Waals surface area contributed by atoms with Crippen molar-refractivity contribution in [3.63, 3.8) is 0 Å². The monoisotopic (exact) mass is 444 g/mol. The number of ketones is 1. The third-order valence-electron chi connectivity index (χ3n) is 5.32. The van der Waals surface area contributed by atoms with Crippen LogP contribution in [-0.2, 0) is 10.8 Å². The predicted octanol–water partition coefficient (Wildman–Crippen LogP) is 8.01. The highest BCUT2D eigenvalue weighted by Crippen LogP contribution is 2.46. The average Bonchev–Trinajstić information content (AvgIpc) is 3.09. The molecule has 166 valence electrons. The summed E-state index contributed by atoms with van der Waals surface area (Å²) in [4.78, 5) is 12.7. The van der Waals surface area contributed by atoms with Crippen LogP contribution in [0.1, 0.15) is 69.3 Å². The maximum absolute atomic E-state index is 13.1. The molecule has 0 unspecified atom stereocenters. The number of halogens is 2. The van der Waals surface area contributed by atoms with Crippen molar-refractivity contribution in [3.8, 4) is 16.9 Å². The molecule has 0 aliphatic carbocycles. The summed E-state index contributed by atoms with van der Waals surface area (Å²) in [7, 11) is 0. The van der Waals surface area contributed by atoms with E-state index in [4.69, 9.17) is 4.74 Å². The molecule has 0 aliphatic heterocycles. The first kappa shape index (κ1) is 23.4. The summed E-state index contributed by atoms with van der Waals surface area (Å²) >= 11 is 1.45. The Morgan fingerprint density at radius 3 is 2.26 bits per heavy atom. The van der Waals surface area contributed by atoms with Gasteiger partial charge in [0.05, 0.1) is 4.88 Å². The number of hydrogen-bond donors (Lipinski definition) is 0. The Morgan fingerprint density at radius 1 is 1.03 bits per heavy atom. The Morgan fingerprint density at radius 2 is 1.71 bits per heavy atom. The summed E-state index contributed by atoms with van der Waals surface area (Å²) in [5.41, 5.74) is 3.37. The van der Waals surface area contributed by atoms with E-state index in [1.807, 2.05) is 30.3 Å². The topological polar surface area (TPSA) is 26.3 Å². The van der Waals surface area contributed by atoms with Gasteiger partial charge < -0.3 is 4.74 Å². The average molecular weight is 445 g/mol. The van der Waals surface area contributed by atoms with Crippen molar-refractivity contribution in [3.05, 3.63) is 52.4 Å². The number of rotatable bonds is 5. The molecular formula is C26H30F2O2S. The van der Waals surface area contributed by atoms with Crippen molar-refractivity contribution in [2.75, 3.05) is 6.61 Å². The molecule has 2 aromatic carbocycles. The minimum absolute atomic E-state index is 0.0143. The van der Waals surface area contributed by atoms with Crippen LogP contribution in [0, 0.1) is 0 Å². The first-order valence-corrected chi connectivity index (χ1v) is 11.2. The lowest BCUT2D eigenvalue weighted by molar-refractivity contribution is 0.0820. The zero-order valence-electron chi connectivity index (χ0n) is 19.2. The van der Waals surface area contributed by atoms with Gasteiger partial charge in [-0.05, 0) is 52.6 Å². The van der Waals surface area contributed by atoms with E-state index in [1.54, 1.807) is 6.92 Å². The quantitative estimate of drug-likeness (QED) is 0.373. The lowest BCUT2D eigenvalue weighted by Gasteiger charge is -2.30. The van der Waals surface area contributed by atoms with Gasteiger partial charge in [0.1, 0.15) is 12.4 Å². The van der Waals surface area contributed by atoms with E-state index in [-0.39, 0.29) is 16.6 Å². The molecule has 0 radical (unpaired) electrons. The second-order valence-electron chi connectivity index (χ2n) is 9.98. The van der Waals surface area contributed by atoms with E-state index < -0.39 is 13.0 Å². The van der Waals surface area contributed by atoms with Crippen molar-refractivity contribution in [1.82, 2.24) is 0 Å². The minimum Gasteiger partial charge on any atom is -0.487 e. The van der Waals surface area contributed by atoms with Gasteiger partial charge in [0.2, 0.25) is 0 Å². The van der Waals surface area contributed by atoms with E-state index in [2.05, 4.69) is 47.6 Å². The predicted molar refractivity (Wildman–Crippen MR) is 126 cm³/mol. The van der Waals surface area contributed by atoms with Crippen molar-refractivity contribution in [1.29, 1.82) is 0 Å². The molecule has 0 fully saturated rings. The highest BCUT2D eigenvalue weighted by molar-refractivity contribution is 7.20. The second kappa shape index (κ2) is 8.34. The number of Topliss-reactive ketones (excluding diaryl/α,β-unsaturated/α-hetero) is 1. The standard InChI is InChI=1S/C26H30F2O2S/c1-15(29)22-13-18-17(9-8-10-21(18)31-22)24-19(26(5,6)7)11-16(25(2,3)4)12-20(24)30-14-23(27)28/h8-13,23H,14H2,1-7H3. The normalized spacial score (nSPS) is 12.6. The number of hydrogen-bond acceptors (Lipinski definition) is 3. The van der Waals surface area contributed by atoms with Crippen molar-refractivity contribution >= 4 is 27.2 Å².